The molecule has 8 heteroatoms. The molecule has 3 aromatic carbocycles. The van der Waals surface area contributed by atoms with E-state index in [4.69, 9.17) is 0 Å². The Hall–Kier alpha value is -1.42. The zero-order chi connectivity index (χ0) is 19.3. The molecule has 0 N–H and O–H groups in total. The van der Waals surface area contributed by atoms with E-state index in [0.717, 1.165) is 0 Å². The van der Waals surface area contributed by atoms with Crippen molar-refractivity contribution in [1.29, 1.82) is 0 Å². The molecule has 0 saturated heterocycles. The second-order valence-electron chi connectivity index (χ2n) is 5.20. The number of rotatable bonds is 3. The van der Waals surface area contributed by atoms with E-state index in [2.05, 4.69) is 91.0 Å². The summed E-state index contributed by atoms with van der Waals surface area (Å²) in [7, 11) is 0. The second kappa shape index (κ2) is 7.30. The van der Waals surface area contributed by atoms with Crippen molar-refractivity contribution in [2.75, 3.05) is 0 Å². The van der Waals surface area contributed by atoms with Crippen LogP contribution in [0.3, 0.4) is 0 Å². The van der Waals surface area contributed by atoms with Crippen LogP contribution < -0.4 is 13.4 Å². The first-order valence-corrected chi connectivity index (χ1v) is 15.7. The Morgan fingerprint density at radius 3 is 0.808 bits per heavy atom. The van der Waals surface area contributed by atoms with Gasteiger partial charge in [0, 0.05) is 0 Å². The van der Waals surface area contributed by atoms with Crippen LogP contribution in [0.15, 0.2) is 91.0 Å². The molecule has 0 atom stereocenters. The summed E-state index contributed by atoms with van der Waals surface area (Å²) >= 11 is -12.4. The molecule has 0 amide bonds. The van der Waals surface area contributed by atoms with Crippen molar-refractivity contribution in [1.82, 2.24) is 0 Å². The molecule has 0 radical (unpaired) electrons. The van der Waals surface area contributed by atoms with Crippen LogP contribution in [-0.2, 0) is 0 Å². The molecule has 0 aromatic heterocycles. The number of halogens is 6. The third kappa shape index (κ3) is 8.79. The van der Waals surface area contributed by atoms with Gasteiger partial charge in [-0.3, -0.25) is 0 Å². The fourth-order valence-electron chi connectivity index (χ4n) is 2.08. The Labute approximate surface area is 154 Å². The van der Waals surface area contributed by atoms with E-state index in [0.29, 0.717) is 0 Å². The number of benzene rings is 3. The summed E-state index contributed by atoms with van der Waals surface area (Å²) in [5.41, 5.74) is 0. The van der Waals surface area contributed by atoms with Crippen LogP contribution in [0.1, 0.15) is 0 Å². The standard InChI is InChI=1S/C18H15Se.6FH.Sb/c1-4-10-16(11-5-1)19(17-12-6-2-7-13-17)18-14-8-3-9-15-18;;;;;;;/h1-15H;6*1H;/q+1;;;;;;;+5/p-6. The van der Waals surface area contributed by atoms with Crippen molar-refractivity contribution in [2.24, 2.45) is 0 Å². The number of hydrogen-bond acceptors (Lipinski definition) is 0. The van der Waals surface area contributed by atoms with E-state index in [9.17, 15) is 16.9 Å². The first-order chi connectivity index (χ1) is 11.9. The van der Waals surface area contributed by atoms with Crippen molar-refractivity contribution in [3.63, 3.8) is 0 Å². The van der Waals surface area contributed by atoms with Gasteiger partial charge in [-0.1, -0.05) is 0 Å². The molecule has 0 spiro atoms. The van der Waals surface area contributed by atoms with Crippen molar-refractivity contribution in [3.05, 3.63) is 91.0 Å². The fraction of sp³-hybridized carbons (Fsp3) is 0. The summed E-state index contributed by atoms with van der Waals surface area (Å²) < 4.78 is 63.9. The quantitative estimate of drug-likeness (QED) is 0.339. The van der Waals surface area contributed by atoms with Crippen LogP contribution >= 0.6 is 0 Å². The van der Waals surface area contributed by atoms with Gasteiger partial charge in [-0.2, -0.15) is 0 Å². The van der Waals surface area contributed by atoms with Crippen molar-refractivity contribution < 1.29 is 16.9 Å². The molecule has 0 fully saturated rings. The van der Waals surface area contributed by atoms with Gasteiger partial charge in [-0.25, -0.2) is 0 Å². The van der Waals surface area contributed by atoms with Gasteiger partial charge >= 0.3 is 155 Å². The number of hydrogen-bond donors (Lipinski definition) is 0. The molecule has 0 aliphatic rings. The SMILES string of the molecule is [F][Sb-]([F])([F])([F])([F])[F].c1ccc([Se+](c2ccccc2)c2ccccc2)cc1. The molecule has 0 aliphatic heterocycles. The predicted octanol–water partition coefficient (Wildman–Crippen LogP) is 4.34. The van der Waals surface area contributed by atoms with Crippen molar-refractivity contribution >= 4 is 46.8 Å². The van der Waals surface area contributed by atoms with Crippen LogP contribution in [0.4, 0.5) is 16.9 Å². The van der Waals surface area contributed by atoms with Gasteiger partial charge < -0.3 is 0 Å². The van der Waals surface area contributed by atoms with Crippen LogP contribution in [-0.4, -0.2) is 33.4 Å². The zero-order valence-electron chi connectivity index (χ0n) is 13.3. The summed E-state index contributed by atoms with van der Waals surface area (Å²) in [4.78, 5) is 0. The van der Waals surface area contributed by atoms with E-state index >= 15 is 0 Å². The summed E-state index contributed by atoms with van der Waals surface area (Å²) in [5, 5.41) is 0. The van der Waals surface area contributed by atoms with Gasteiger partial charge in [-0.15, -0.1) is 0 Å². The maximum absolute atomic E-state index is 11.2. The normalized spacial score (nSPS) is 14.0. The van der Waals surface area contributed by atoms with Gasteiger partial charge in [0.15, 0.2) is 0 Å². The van der Waals surface area contributed by atoms with Gasteiger partial charge in [0.25, 0.3) is 0 Å². The van der Waals surface area contributed by atoms with Gasteiger partial charge in [0.2, 0.25) is 0 Å². The zero-order valence-corrected chi connectivity index (χ0v) is 17.5. The molecule has 3 rings (SSSR count). The van der Waals surface area contributed by atoms with E-state index in [1.165, 1.54) is 13.4 Å². The van der Waals surface area contributed by atoms with Crippen LogP contribution in [0.2, 0.25) is 0 Å². The Kier molecular flexibility index (Phi) is 5.86. The van der Waals surface area contributed by atoms with E-state index in [-0.39, 0.29) is 0 Å². The van der Waals surface area contributed by atoms with E-state index < -0.39 is 33.4 Å². The molecule has 0 nitrogen and oxygen atoms in total. The Morgan fingerprint density at radius 2 is 0.615 bits per heavy atom. The summed E-state index contributed by atoms with van der Waals surface area (Å²) in [6.45, 7) is 0. The van der Waals surface area contributed by atoms with Gasteiger partial charge in [0.05, 0.1) is 0 Å². The molecule has 0 unspecified atom stereocenters. The maximum atomic E-state index is 9.93. The molecule has 26 heavy (non-hydrogen) atoms. The first kappa shape index (κ1) is 20.9. The summed E-state index contributed by atoms with van der Waals surface area (Å²) in [5.74, 6) is 0. The molecule has 0 heterocycles. The van der Waals surface area contributed by atoms with Gasteiger partial charge in [-0.05, 0) is 0 Å². The minimum atomic E-state index is -11.2. The molecule has 0 aliphatic carbocycles. The molecular weight excluding hydrogens is 531 g/mol. The molecule has 140 valence electrons. The summed E-state index contributed by atoms with van der Waals surface area (Å²) in [6, 6.07) is 32.6. The van der Waals surface area contributed by atoms with Crippen LogP contribution in [0.25, 0.3) is 0 Å². The van der Waals surface area contributed by atoms with E-state index in [1.54, 1.807) is 0 Å². The molecule has 0 saturated carbocycles. The van der Waals surface area contributed by atoms with Crippen molar-refractivity contribution in [2.45, 2.75) is 0 Å². The predicted molar refractivity (Wildman–Crippen MR) is 96.4 cm³/mol. The van der Waals surface area contributed by atoms with Crippen LogP contribution in [0.5, 0.6) is 0 Å². The Balaban J connectivity index is 0.000000298. The third-order valence-corrected chi connectivity index (χ3v) is 7.62. The Morgan fingerprint density at radius 1 is 0.423 bits per heavy atom. The minimum absolute atomic E-state index is 1.15. The monoisotopic (exact) mass is 546 g/mol. The average Bonchev–Trinajstić information content (AvgIpc) is 2.55. The van der Waals surface area contributed by atoms with E-state index in [1.807, 2.05) is 0 Å². The van der Waals surface area contributed by atoms with Crippen molar-refractivity contribution in [3.8, 4) is 0 Å². The third-order valence-electron chi connectivity index (χ3n) is 2.94. The molecular formula is C18H15F6SbSe. The fourth-order valence-corrected chi connectivity index (χ4v) is 6.49. The molecule has 3 aromatic rings. The van der Waals surface area contributed by atoms with Gasteiger partial charge in [0.1, 0.15) is 0 Å². The molecule has 0 bridgehead atoms. The Bertz CT molecular complexity index is 716. The van der Waals surface area contributed by atoms with Crippen LogP contribution in [0, 0.1) is 0 Å². The average molecular weight is 546 g/mol. The first-order valence-electron chi connectivity index (χ1n) is 7.36. The second-order valence-corrected chi connectivity index (χ2v) is 14.9. The topological polar surface area (TPSA) is 0 Å². The summed E-state index contributed by atoms with van der Waals surface area (Å²) in [6.07, 6.45) is 0.